The van der Waals surface area contributed by atoms with Crippen molar-refractivity contribution in [1.29, 1.82) is 0 Å². The average molecular weight is 396 g/mol. The molecule has 1 amide bonds. The maximum Gasteiger partial charge on any atom is 0.248 e. The zero-order valence-electron chi connectivity index (χ0n) is 17.6. The molecule has 3 rings (SSSR count). The Hall–Kier alpha value is -2.70. The molecule has 154 valence electrons. The molecule has 0 fully saturated rings. The number of hydrogen-bond acceptors (Lipinski definition) is 4. The van der Waals surface area contributed by atoms with Gasteiger partial charge in [0.1, 0.15) is 25.2 Å². The zero-order valence-corrected chi connectivity index (χ0v) is 17.6. The predicted molar refractivity (Wildman–Crippen MR) is 115 cm³/mol. The molecule has 1 aromatic heterocycles. The van der Waals surface area contributed by atoms with E-state index in [1.807, 2.05) is 56.3 Å². The Bertz CT molecular complexity index is 994. The fourth-order valence-electron chi connectivity index (χ4n) is 3.63. The smallest absolute Gasteiger partial charge is 0.248 e. The van der Waals surface area contributed by atoms with E-state index in [4.69, 9.17) is 4.74 Å². The Morgan fingerprint density at radius 3 is 2.66 bits per heavy atom. The molecule has 0 saturated carbocycles. The Kier molecular flexibility index (Phi) is 6.67. The van der Waals surface area contributed by atoms with Crippen LogP contribution in [0.4, 0.5) is 5.69 Å². The molecule has 2 aromatic carbocycles. The lowest BCUT2D eigenvalue weighted by atomic mass is 10.0. The van der Waals surface area contributed by atoms with Gasteiger partial charge in [-0.25, -0.2) is 4.98 Å². The van der Waals surface area contributed by atoms with Crippen LogP contribution in [0.3, 0.4) is 0 Å². The van der Waals surface area contributed by atoms with Crippen molar-refractivity contribution in [3.8, 4) is 0 Å². The number of carbonyl (C=O) groups is 1. The first-order valence-corrected chi connectivity index (χ1v) is 10.1. The highest BCUT2D eigenvalue weighted by Gasteiger charge is 2.23. The van der Waals surface area contributed by atoms with Gasteiger partial charge in [-0.3, -0.25) is 9.69 Å². The summed E-state index contributed by atoms with van der Waals surface area (Å²) in [5, 5.41) is 10.2. The number of nitrogens with zero attached hydrogens (tertiary/aromatic N) is 3. The van der Waals surface area contributed by atoms with Crippen LogP contribution in [0, 0.1) is 6.92 Å². The van der Waals surface area contributed by atoms with Gasteiger partial charge in [-0.05, 0) is 50.5 Å². The Morgan fingerprint density at radius 1 is 1.21 bits per heavy atom. The fraction of sp³-hybridized carbons (Fsp3) is 0.391. The van der Waals surface area contributed by atoms with Gasteiger partial charge in [-0.1, -0.05) is 37.3 Å². The lowest BCUT2D eigenvalue weighted by molar-refractivity contribution is -0.120. The van der Waals surface area contributed by atoms with Crippen LogP contribution in [0.15, 0.2) is 42.5 Å². The van der Waals surface area contributed by atoms with Crippen LogP contribution in [0.5, 0.6) is 0 Å². The molecule has 0 saturated heterocycles. The van der Waals surface area contributed by atoms with Gasteiger partial charge in [0, 0.05) is 6.61 Å². The van der Waals surface area contributed by atoms with Crippen molar-refractivity contribution in [2.24, 2.45) is 0 Å². The van der Waals surface area contributed by atoms with Crippen molar-refractivity contribution in [1.82, 2.24) is 9.55 Å². The number of carbonyl (C=O) groups excluding carboxylic acids is 1. The molecule has 0 spiro atoms. The quantitative estimate of drug-likeness (QED) is 0.586. The summed E-state index contributed by atoms with van der Waals surface area (Å²) in [4.78, 5) is 19.7. The number of ether oxygens (including phenoxy) is 1. The Balaban J connectivity index is 2.03. The molecule has 0 bridgehead atoms. The van der Waals surface area contributed by atoms with Gasteiger partial charge in [0.2, 0.25) is 5.91 Å². The second-order valence-electron chi connectivity index (χ2n) is 7.10. The van der Waals surface area contributed by atoms with E-state index in [-0.39, 0.29) is 19.2 Å². The van der Waals surface area contributed by atoms with Gasteiger partial charge in [-0.15, -0.1) is 0 Å². The van der Waals surface area contributed by atoms with Gasteiger partial charge in [0.15, 0.2) is 0 Å². The minimum Gasteiger partial charge on any atom is -0.385 e. The summed E-state index contributed by atoms with van der Waals surface area (Å²) in [6.07, 6.45) is 0.0417. The molecule has 29 heavy (non-hydrogen) atoms. The van der Waals surface area contributed by atoms with Crippen LogP contribution in [0.1, 0.15) is 43.8 Å². The number of aryl methyl sites for hydroxylation is 2. The number of para-hydroxylation sites is 3. The van der Waals surface area contributed by atoms with Crippen LogP contribution >= 0.6 is 0 Å². The summed E-state index contributed by atoms with van der Waals surface area (Å²) in [5.74, 6) is 0.379. The number of imidazole rings is 1. The summed E-state index contributed by atoms with van der Waals surface area (Å²) >= 11 is 0. The van der Waals surface area contributed by atoms with Crippen molar-refractivity contribution in [3.63, 3.8) is 0 Å². The lowest BCUT2D eigenvalue weighted by Gasteiger charge is -2.27. The van der Waals surface area contributed by atoms with Gasteiger partial charge in [-0.2, -0.15) is 0 Å². The van der Waals surface area contributed by atoms with Crippen LogP contribution in [-0.4, -0.2) is 33.9 Å². The molecular formula is C23H29N3O3. The minimum absolute atomic E-state index is 0.0747. The molecule has 6 heteroatoms. The standard InChI is InChI=1S/C23H29N3O3/c1-5-18-11-9-10-16(3)22(18)26(15-29-6-2)21(28)14-25-20-13-8-7-12-19(20)24-23(25)17(4)27/h7-13,17,27H,5-6,14-15H2,1-4H3/t17-/m0/s1. The minimum atomic E-state index is -0.778. The van der Waals surface area contributed by atoms with E-state index in [2.05, 4.69) is 11.9 Å². The first-order chi connectivity index (χ1) is 14.0. The van der Waals surface area contributed by atoms with Gasteiger partial charge < -0.3 is 14.4 Å². The number of benzene rings is 2. The summed E-state index contributed by atoms with van der Waals surface area (Å²) in [7, 11) is 0. The molecule has 0 aliphatic carbocycles. The van der Waals surface area contributed by atoms with E-state index < -0.39 is 6.10 Å². The third-order valence-electron chi connectivity index (χ3n) is 5.05. The van der Waals surface area contributed by atoms with Crippen molar-refractivity contribution in [2.45, 2.75) is 46.8 Å². The Labute approximate surface area is 171 Å². The highest BCUT2D eigenvalue weighted by Crippen LogP contribution is 2.27. The average Bonchev–Trinajstić information content (AvgIpc) is 3.08. The van der Waals surface area contributed by atoms with Crippen molar-refractivity contribution in [3.05, 3.63) is 59.4 Å². The second kappa shape index (κ2) is 9.20. The van der Waals surface area contributed by atoms with E-state index in [9.17, 15) is 9.90 Å². The first-order valence-electron chi connectivity index (χ1n) is 10.1. The third-order valence-corrected chi connectivity index (χ3v) is 5.05. The second-order valence-corrected chi connectivity index (χ2v) is 7.10. The van der Waals surface area contributed by atoms with Gasteiger partial charge >= 0.3 is 0 Å². The number of anilines is 1. The van der Waals surface area contributed by atoms with Gasteiger partial charge in [0.05, 0.1) is 16.7 Å². The molecule has 0 aliphatic rings. The van der Waals surface area contributed by atoms with Gasteiger partial charge in [0.25, 0.3) is 0 Å². The van der Waals surface area contributed by atoms with Crippen LogP contribution in [0.25, 0.3) is 11.0 Å². The topological polar surface area (TPSA) is 67.6 Å². The lowest BCUT2D eigenvalue weighted by Crippen LogP contribution is -2.37. The maximum atomic E-state index is 13.5. The SMILES string of the molecule is CCOCN(C(=O)Cn1c([C@H](C)O)nc2ccccc21)c1c(C)cccc1CC. The number of amides is 1. The van der Waals surface area contributed by atoms with E-state index >= 15 is 0 Å². The van der Waals surface area contributed by atoms with Crippen LogP contribution in [-0.2, 0) is 22.5 Å². The Morgan fingerprint density at radius 2 is 1.97 bits per heavy atom. The summed E-state index contributed by atoms with van der Waals surface area (Å²) in [6, 6.07) is 13.7. The molecule has 0 radical (unpaired) electrons. The monoisotopic (exact) mass is 395 g/mol. The molecule has 0 aliphatic heterocycles. The van der Waals surface area contributed by atoms with E-state index in [1.165, 1.54) is 0 Å². The normalized spacial score (nSPS) is 12.3. The number of rotatable bonds is 8. The van der Waals surface area contributed by atoms with Crippen LogP contribution in [0.2, 0.25) is 0 Å². The number of hydrogen-bond donors (Lipinski definition) is 1. The molecular weight excluding hydrogens is 366 g/mol. The molecule has 3 aromatic rings. The number of aliphatic hydroxyl groups excluding tert-OH is 1. The third kappa shape index (κ3) is 4.33. The number of aromatic nitrogens is 2. The summed E-state index contributed by atoms with van der Waals surface area (Å²) in [6.45, 7) is 8.44. The largest absolute Gasteiger partial charge is 0.385 e. The van der Waals surface area contributed by atoms with Crippen molar-refractivity contribution < 1.29 is 14.6 Å². The predicted octanol–water partition coefficient (Wildman–Crippen LogP) is 3.99. The van der Waals surface area contributed by atoms with E-state index in [0.29, 0.717) is 12.4 Å². The molecule has 1 atom stereocenters. The van der Waals surface area contributed by atoms with Crippen molar-refractivity contribution in [2.75, 3.05) is 18.2 Å². The zero-order chi connectivity index (χ0) is 21.0. The highest BCUT2D eigenvalue weighted by molar-refractivity contribution is 5.95. The van der Waals surface area contributed by atoms with E-state index in [0.717, 1.165) is 34.3 Å². The van der Waals surface area contributed by atoms with E-state index in [1.54, 1.807) is 16.4 Å². The maximum absolute atomic E-state index is 13.5. The molecule has 0 unspecified atom stereocenters. The molecule has 1 heterocycles. The number of aliphatic hydroxyl groups is 1. The van der Waals surface area contributed by atoms with Crippen LogP contribution < -0.4 is 4.90 Å². The molecule has 6 nitrogen and oxygen atoms in total. The number of fused-ring (bicyclic) bond motifs is 1. The molecule has 1 N–H and O–H groups in total. The van der Waals surface area contributed by atoms with Crippen molar-refractivity contribution >= 4 is 22.6 Å². The summed E-state index contributed by atoms with van der Waals surface area (Å²) < 4.78 is 7.44. The highest BCUT2D eigenvalue weighted by atomic mass is 16.5. The summed E-state index contributed by atoms with van der Waals surface area (Å²) in [5.41, 5.74) is 4.62. The fourth-order valence-corrected chi connectivity index (χ4v) is 3.63. The first kappa shape index (κ1) is 21.0.